The number of hydrogen-bond acceptors (Lipinski definition) is 10. The fraction of sp³-hybridized carbons (Fsp3) is 0.692. The highest BCUT2D eigenvalue weighted by Crippen LogP contribution is 2.56. The molecule has 2 aliphatic carbocycles. The summed E-state index contributed by atoms with van der Waals surface area (Å²) >= 11 is 0. The fourth-order valence-corrected chi connectivity index (χ4v) is 5.60. The molecular formula is C26H36O10. The molecule has 0 aromatic rings. The van der Waals surface area contributed by atoms with Crippen molar-refractivity contribution in [3.8, 4) is 0 Å². The molecule has 10 nitrogen and oxygen atoms in total. The van der Waals surface area contributed by atoms with Gasteiger partial charge in [-0.15, -0.1) is 0 Å². The molecule has 0 bridgehead atoms. The van der Waals surface area contributed by atoms with Crippen LogP contribution in [0.2, 0.25) is 0 Å². The number of ether oxygens (including phenoxy) is 4. The summed E-state index contributed by atoms with van der Waals surface area (Å²) < 4.78 is 22.7. The van der Waals surface area contributed by atoms with E-state index in [2.05, 4.69) is 0 Å². The quantitative estimate of drug-likeness (QED) is 0.237. The molecule has 1 aliphatic heterocycles. The Labute approximate surface area is 210 Å². The van der Waals surface area contributed by atoms with Gasteiger partial charge >= 0.3 is 23.9 Å². The summed E-state index contributed by atoms with van der Waals surface area (Å²) in [6, 6.07) is 0. The number of hydrogen-bond donors (Lipinski definition) is 2. The Balaban J connectivity index is 2.20. The molecule has 1 saturated heterocycles. The van der Waals surface area contributed by atoms with Gasteiger partial charge < -0.3 is 29.2 Å². The normalized spacial score (nSPS) is 38.0. The van der Waals surface area contributed by atoms with Crippen LogP contribution in [0.5, 0.6) is 0 Å². The van der Waals surface area contributed by atoms with E-state index in [1.807, 2.05) is 0 Å². The minimum atomic E-state index is -2.44. The van der Waals surface area contributed by atoms with Crippen molar-refractivity contribution >= 4 is 23.9 Å². The van der Waals surface area contributed by atoms with E-state index in [9.17, 15) is 29.4 Å². The van der Waals surface area contributed by atoms with E-state index in [1.165, 1.54) is 6.92 Å². The van der Waals surface area contributed by atoms with Crippen LogP contribution in [0.4, 0.5) is 0 Å². The first-order valence-electron chi connectivity index (χ1n) is 12.2. The van der Waals surface area contributed by atoms with E-state index in [-0.39, 0.29) is 19.3 Å². The first kappa shape index (κ1) is 27.9. The Hall–Kier alpha value is -2.72. The van der Waals surface area contributed by atoms with Crippen molar-refractivity contribution in [1.29, 1.82) is 0 Å². The number of carbonyl (C=O) groups excluding carboxylic acids is 4. The number of esters is 4. The van der Waals surface area contributed by atoms with Crippen molar-refractivity contribution in [2.45, 2.75) is 109 Å². The van der Waals surface area contributed by atoms with Gasteiger partial charge in [0.05, 0.1) is 0 Å². The predicted octanol–water partition coefficient (Wildman–Crippen LogP) is 2.05. The largest absolute Gasteiger partial charge is 0.459 e. The van der Waals surface area contributed by atoms with Crippen molar-refractivity contribution in [2.24, 2.45) is 5.92 Å². The van der Waals surface area contributed by atoms with Crippen LogP contribution in [0.15, 0.2) is 22.8 Å². The van der Waals surface area contributed by atoms with Crippen molar-refractivity contribution in [3.63, 3.8) is 0 Å². The zero-order chi connectivity index (χ0) is 27.2. The lowest BCUT2D eigenvalue weighted by molar-refractivity contribution is -0.210. The lowest BCUT2D eigenvalue weighted by atomic mass is 9.75. The van der Waals surface area contributed by atoms with Gasteiger partial charge in [-0.2, -0.15) is 0 Å². The Kier molecular flexibility index (Phi) is 7.45. The minimum Gasteiger partial charge on any atom is -0.459 e. The summed E-state index contributed by atoms with van der Waals surface area (Å²) in [7, 11) is 0. The SMILES string of the molecule is C/C=C(/C)C(=O)O[C@@H]1C[C@H]2C(=C1C)[C@@H]1OC(=O)[C@@](C)(O)[C@@]1(O)C(OC(=O)CCC)C[C@@]2(C)OC(C)=O. The molecule has 0 aromatic carbocycles. The second-order valence-corrected chi connectivity index (χ2v) is 10.3. The topological polar surface area (TPSA) is 146 Å². The van der Waals surface area contributed by atoms with Gasteiger partial charge in [-0.05, 0) is 58.6 Å². The number of aliphatic hydroxyl groups is 2. The number of fused-ring (bicyclic) bond motifs is 3. The van der Waals surface area contributed by atoms with Crippen molar-refractivity contribution in [2.75, 3.05) is 0 Å². The molecule has 200 valence electrons. The smallest absolute Gasteiger partial charge is 0.341 e. The van der Waals surface area contributed by atoms with Gasteiger partial charge in [-0.3, -0.25) is 9.59 Å². The molecule has 1 saturated carbocycles. The standard InChI is InChI=1S/C26H36O10/c1-8-10-19(28)34-18-12-24(6,36-15(5)27)16-11-17(33-22(29)13(3)9-2)14(4)20(16)21-26(18,32)25(7,31)23(30)35-21/h9,16-18,21,31-32H,8,10-12H2,1-7H3/b13-9-/t16-,17+,18?,21-,24+,25+,26+/m0/s1. The highest BCUT2D eigenvalue weighted by Gasteiger charge is 2.74. The van der Waals surface area contributed by atoms with Crippen molar-refractivity contribution in [1.82, 2.24) is 0 Å². The van der Waals surface area contributed by atoms with Gasteiger partial charge in [0.1, 0.15) is 17.8 Å². The molecule has 10 heteroatoms. The van der Waals surface area contributed by atoms with Gasteiger partial charge in [-0.25, -0.2) is 9.59 Å². The summed E-state index contributed by atoms with van der Waals surface area (Å²) in [4.78, 5) is 50.0. The number of rotatable bonds is 6. The fourth-order valence-electron chi connectivity index (χ4n) is 5.60. The number of carbonyl (C=O) groups is 4. The zero-order valence-corrected chi connectivity index (χ0v) is 21.9. The lowest BCUT2D eigenvalue weighted by Gasteiger charge is -2.41. The van der Waals surface area contributed by atoms with Crippen LogP contribution in [-0.4, -0.2) is 69.2 Å². The van der Waals surface area contributed by atoms with Crippen LogP contribution >= 0.6 is 0 Å². The summed E-state index contributed by atoms with van der Waals surface area (Å²) in [6.07, 6.45) is -1.52. The molecule has 2 fully saturated rings. The molecule has 7 atom stereocenters. The number of allylic oxidation sites excluding steroid dienone is 1. The third-order valence-corrected chi connectivity index (χ3v) is 7.78. The van der Waals surface area contributed by atoms with Crippen LogP contribution < -0.4 is 0 Å². The van der Waals surface area contributed by atoms with E-state index < -0.39 is 64.9 Å². The molecular weight excluding hydrogens is 472 g/mol. The van der Waals surface area contributed by atoms with Gasteiger partial charge in [0.2, 0.25) is 0 Å². The molecule has 0 spiro atoms. The van der Waals surface area contributed by atoms with Gasteiger partial charge in [0.15, 0.2) is 17.3 Å². The first-order chi connectivity index (χ1) is 16.6. The highest BCUT2D eigenvalue weighted by atomic mass is 16.6. The molecule has 36 heavy (non-hydrogen) atoms. The van der Waals surface area contributed by atoms with Crippen LogP contribution in [0.25, 0.3) is 0 Å². The third kappa shape index (κ3) is 4.34. The minimum absolute atomic E-state index is 0.0476. The Morgan fingerprint density at radius 2 is 1.81 bits per heavy atom. The Bertz CT molecular complexity index is 1020. The van der Waals surface area contributed by atoms with Crippen molar-refractivity contribution in [3.05, 3.63) is 22.8 Å². The zero-order valence-electron chi connectivity index (χ0n) is 21.9. The second kappa shape index (κ2) is 9.63. The maximum absolute atomic E-state index is 12.8. The molecule has 2 N–H and O–H groups in total. The molecule has 0 aromatic heterocycles. The summed E-state index contributed by atoms with van der Waals surface area (Å²) in [5.41, 5.74) is -4.90. The van der Waals surface area contributed by atoms with E-state index in [0.29, 0.717) is 23.1 Å². The molecule has 3 rings (SSSR count). The Morgan fingerprint density at radius 3 is 2.36 bits per heavy atom. The van der Waals surface area contributed by atoms with Crippen LogP contribution in [-0.2, 0) is 38.1 Å². The van der Waals surface area contributed by atoms with Crippen molar-refractivity contribution < 1.29 is 48.3 Å². The average molecular weight is 509 g/mol. The molecule has 0 amide bonds. The first-order valence-corrected chi connectivity index (χ1v) is 12.2. The average Bonchev–Trinajstić information content (AvgIpc) is 3.16. The summed E-state index contributed by atoms with van der Waals surface area (Å²) in [5.74, 6) is -3.53. The Morgan fingerprint density at radius 1 is 1.17 bits per heavy atom. The van der Waals surface area contributed by atoms with Crippen LogP contribution in [0.1, 0.15) is 74.1 Å². The summed E-state index contributed by atoms with van der Waals surface area (Å²) in [5, 5.41) is 23.2. The van der Waals surface area contributed by atoms with Crippen LogP contribution in [0, 0.1) is 5.92 Å². The van der Waals surface area contributed by atoms with Crippen LogP contribution in [0.3, 0.4) is 0 Å². The maximum Gasteiger partial charge on any atom is 0.341 e. The van der Waals surface area contributed by atoms with E-state index in [0.717, 1.165) is 6.92 Å². The third-order valence-electron chi connectivity index (χ3n) is 7.78. The lowest BCUT2D eigenvalue weighted by Crippen LogP contribution is -2.64. The molecule has 1 heterocycles. The van der Waals surface area contributed by atoms with Gasteiger partial charge in [0, 0.05) is 31.3 Å². The highest BCUT2D eigenvalue weighted by molar-refractivity contribution is 5.88. The van der Waals surface area contributed by atoms with E-state index in [4.69, 9.17) is 18.9 Å². The molecule has 3 aliphatic rings. The van der Waals surface area contributed by atoms with Gasteiger partial charge in [-0.1, -0.05) is 13.0 Å². The van der Waals surface area contributed by atoms with E-state index >= 15 is 0 Å². The predicted molar refractivity (Wildman–Crippen MR) is 125 cm³/mol. The summed E-state index contributed by atoms with van der Waals surface area (Å²) in [6.45, 7) is 10.8. The van der Waals surface area contributed by atoms with Gasteiger partial charge in [0.25, 0.3) is 0 Å². The monoisotopic (exact) mass is 508 g/mol. The second-order valence-electron chi connectivity index (χ2n) is 10.3. The molecule has 1 unspecified atom stereocenters. The molecule has 0 radical (unpaired) electrons. The maximum atomic E-state index is 12.8. The van der Waals surface area contributed by atoms with E-state index in [1.54, 1.807) is 40.7 Å².